The lowest BCUT2D eigenvalue weighted by Crippen LogP contribution is -2.09. The van der Waals surface area contributed by atoms with E-state index >= 15 is 0 Å². The van der Waals surface area contributed by atoms with Gasteiger partial charge in [-0.3, -0.25) is 0 Å². The van der Waals surface area contributed by atoms with Gasteiger partial charge in [-0.25, -0.2) is 4.79 Å². The van der Waals surface area contributed by atoms with Crippen LogP contribution >= 0.6 is 0 Å². The van der Waals surface area contributed by atoms with Gasteiger partial charge in [0.15, 0.2) is 0 Å². The molecule has 1 N–H and O–H groups in total. The zero-order chi connectivity index (χ0) is 13.7. The standard InChI is InChI=1S/C15H20O3/c1-5-18-15(17)13-7-6-10(2)14(12(13)4)11(3)8-9-16/h6-7,16H,3,5,8-9H2,1-2,4H3. The van der Waals surface area contributed by atoms with Crippen LogP contribution in [0.1, 0.15) is 40.4 Å². The molecule has 1 aromatic carbocycles. The molecule has 1 rings (SSSR count). The highest BCUT2D eigenvalue weighted by Crippen LogP contribution is 2.27. The number of rotatable bonds is 5. The van der Waals surface area contributed by atoms with Crippen LogP contribution in [0.2, 0.25) is 0 Å². The summed E-state index contributed by atoms with van der Waals surface area (Å²) < 4.78 is 5.03. The third-order valence-corrected chi connectivity index (χ3v) is 2.94. The van der Waals surface area contributed by atoms with Gasteiger partial charge in [0.05, 0.1) is 12.2 Å². The molecule has 0 unspecified atom stereocenters. The van der Waals surface area contributed by atoms with Gasteiger partial charge in [-0.05, 0) is 55.5 Å². The largest absolute Gasteiger partial charge is 0.462 e. The Bertz CT molecular complexity index is 461. The Morgan fingerprint density at radius 3 is 2.61 bits per heavy atom. The fraction of sp³-hybridized carbons (Fsp3) is 0.400. The van der Waals surface area contributed by atoms with E-state index < -0.39 is 0 Å². The molecule has 1 aromatic rings. The van der Waals surface area contributed by atoms with Crippen LogP contribution in [0.3, 0.4) is 0 Å². The van der Waals surface area contributed by atoms with Gasteiger partial charge >= 0.3 is 5.97 Å². The molecule has 0 saturated carbocycles. The first kappa shape index (κ1) is 14.5. The Morgan fingerprint density at radius 2 is 2.06 bits per heavy atom. The zero-order valence-corrected chi connectivity index (χ0v) is 11.2. The quantitative estimate of drug-likeness (QED) is 0.815. The molecule has 3 heteroatoms. The van der Waals surface area contributed by atoms with Crippen LogP contribution in [-0.4, -0.2) is 24.3 Å². The van der Waals surface area contributed by atoms with Crippen LogP contribution in [0.25, 0.3) is 5.57 Å². The van der Waals surface area contributed by atoms with Gasteiger partial charge in [0, 0.05) is 6.61 Å². The van der Waals surface area contributed by atoms with E-state index in [4.69, 9.17) is 9.84 Å². The van der Waals surface area contributed by atoms with E-state index in [-0.39, 0.29) is 12.6 Å². The van der Waals surface area contributed by atoms with Crippen LogP contribution in [-0.2, 0) is 4.74 Å². The normalized spacial score (nSPS) is 10.2. The third kappa shape index (κ3) is 2.99. The van der Waals surface area contributed by atoms with E-state index in [1.165, 1.54) is 0 Å². The van der Waals surface area contributed by atoms with Crippen molar-refractivity contribution in [3.05, 3.63) is 41.0 Å². The first-order valence-electron chi connectivity index (χ1n) is 6.09. The van der Waals surface area contributed by atoms with Gasteiger partial charge in [-0.15, -0.1) is 0 Å². The first-order chi connectivity index (χ1) is 8.52. The third-order valence-electron chi connectivity index (χ3n) is 2.94. The van der Waals surface area contributed by atoms with Crippen molar-refractivity contribution < 1.29 is 14.6 Å². The number of benzene rings is 1. The number of carbonyl (C=O) groups is 1. The summed E-state index contributed by atoms with van der Waals surface area (Å²) in [6.07, 6.45) is 0.508. The van der Waals surface area contributed by atoms with E-state index in [0.717, 1.165) is 22.3 Å². The van der Waals surface area contributed by atoms with Gasteiger partial charge in [-0.1, -0.05) is 12.6 Å². The van der Waals surface area contributed by atoms with Crippen molar-refractivity contribution in [2.45, 2.75) is 27.2 Å². The Kier molecular flexibility index (Phi) is 5.10. The Hall–Kier alpha value is -1.61. The second-order valence-corrected chi connectivity index (χ2v) is 4.23. The maximum Gasteiger partial charge on any atom is 0.338 e. The molecule has 0 saturated heterocycles. The lowest BCUT2D eigenvalue weighted by Gasteiger charge is -2.15. The number of ether oxygens (including phenoxy) is 1. The molecule has 0 aromatic heterocycles. The number of aliphatic hydroxyl groups is 1. The molecule has 98 valence electrons. The minimum atomic E-state index is -0.312. The van der Waals surface area contributed by atoms with Crippen LogP contribution in [0, 0.1) is 13.8 Å². The minimum absolute atomic E-state index is 0.0569. The topological polar surface area (TPSA) is 46.5 Å². The number of esters is 1. The van der Waals surface area contributed by atoms with Crippen molar-refractivity contribution in [2.24, 2.45) is 0 Å². The lowest BCUT2D eigenvalue weighted by molar-refractivity contribution is 0.0525. The van der Waals surface area contributed by atoms with Crippen LogP contribution in [0.4, 0.5) is 0 Å². The van der Waals surface area contributed by atoms with E-state index in [1.54, 1.807) is 13.0 Å². The summed E-state index contributed by atoms with van der Waals surface area (Å²) in [4.78, 5) is 11.8. The molecule has 0 aliphatic rings. The summed E-state index contributed by atoms with van der Waals surface area (Å²) in [5, 5.41) is 8.99. The molecule has 0 amide bonds. The highest BCUT2D eigenvalue weighted by Gasteiger charge is 2.15. The molecule has 0 atom stereocenters. The molecule has 0 bridgehead atoms. The molecule has 0 heterocycles. The fourth-order valence-electron chi connectivity index (χ4n) is 2.08. The smallest absolute Gasteiger partial charge is 0.338 e. The van der Waals surface area contributed by atoms with Crippen molar-refractivity contribution in [3.8, 4) is 0 Å². The average molecular weight is 248 g/mol. The highest BCUT2D eigenvalue weighted by atomic mass is 16.5. The monoisotopic (exact) mass is 248 g/mol. The number of carbonyl (C=O) groups excluding carboxylic acids is 1. The van der Waals surface area contributed by atoms with Crippen LogP contribution in [0.5, 0.6) is 0 Å². The lowest BCUT2D eigenvalue weighted by atomic mass is 9.91. The molecule has 18 heavy (non-hydrogen) atoms. The van der Waals surface area contributed by atoms with Crippen molar-refractivity contribution in [2.75, 3.05) is 13.2 Å². The fourth-order valence-corrected chi connectivity index (χ4v) is 2.08. The summed E-state index contributed by atoms with van der Waals surface area (Å²) in [5.41, 5.74) is 4.29. The van der Waals surface area contributed by atoms with E-state index in [1.807, 2.05) is 19.9 Å². The van der Waals surface area contributed by atoms with Gasteiger partial charge in [0.25, 0.3) is 0 Å². The summed E-state index contributed by atoms with van der Waals surface area (Å²) in [7, 11) is 0. The zero-order valence-electron chi connectivity index (χ0n) is 11.2. The molecular formula is C15H20O3. The summed E-state index contributed by atoms with van der Waals surface area (Å²) in [6.45, 7) is 10.0. The Balaban J connectivity index is 3.22. The predicted molar refractivity (Wildman–Crippen MR) is 72.6 cm³/mol. The minimum Gasteiger partial charge on any atom is -0.462 e. The Morgan fingerprint density at radius 1 is 1.39 bits per heavy atom. The van der Waals surface area contributed by atoms with Crippen molar-refractivity contribution in [1.82, 2.24) is 0 Å². The second kappa shape index (κ2) is 6.36. The van der Waals surface area contributed by atoms with Crippen molar-refractivity contribution in [1.29, 1.82) is 0 Å². The molecule has 3 nitrogen and oxygen atoms in total. The average Bonchev–Trinajstić information content (AvgIpc) is 2.29. The number of hydrogen-bond donors (Lipinski definition) is 1. The molecule has 0 radical (unpaired) electrons. The van der Waals surface area contributed by atoms with Gasteiger partial charge in [0.1, 0.15) is 0 Å². The van der Waals surface area contributed by atoms with E-state index in [9.17, 15) is 4.79 Å². The highest BCUT2D eigenvalue weighted by molar-refractivity contribution is 5.93. The first-order valence-corrected chi connectivity index (χ1v) is 6.09. The Labute approximate surface area is 108 Å². The maximum absolute atomic E-state index is 11.8. The SMILES string of the molecule is C=C(CCO)c1c(C)ccc(C(=O)OCC)c1C. The summed E-state index contributed by atoms with van der Waals surface area (Å²) >= 11 is 0. The number of hydrogen-bond acceptors (Lipinski definition) is 3. The molecular weight excluding hydrogens is 228 g/mol. The molecule has 0 spiro atoms. The number of aryl methyl sites for hydroxylation is 1. The predicted octanol–water partition coefficient (Wildman–Crippen LogP) is 2.88. The number of aliphatic hydroxyl groups excluding tert-OH is 1. The second-order valence-electron chi connectivity index (χ2n) is 4.23. The summed E-state index contributed by atoms with van der Waals surface area (Å²) in [6, 6.07) is 3.66. The van der Waals surface area contributed by atoms with Crippen LogP contribution < -0.4 is 0 Å². The summed E-state index contributed by atoms with van der Waals surface area (Å²) in [5.74, 6) is -0.312. The van der Waals surface area contributed by atoms with Gasteiger partial charge in [-0.2, -0.15) is 0 Å². The van der Waals surface area contributed by atoms with Crippen molar-refractivity contribution in [3.63, 3.8) is 0 Å². The van der Waals surface area contributed by atoms with E-state index in [2.05, 4.69) is 6.58 Å². The van der Waals surface area contributed by atoms with Crippen molar-refractivity contribution >= 4 is 11.5 Å². The van der Waals surface area contributed by atoms with Crippen LogP contribution in [0.15, 0.2) is 18.7 Å². The molecule has 0 fully saturated rings. The molecule has 0 aliphatic heterocycles. The maximum atomic E-state index is 11.8. The van der Waals surface area contributed by atoms with Gasteiger partial charge in [0.2, 0.25) is 0 Å². The van der Waals surface area contributed by atoms with Gasteiger partial charge < -0.3 is 9.84 Å². The molecule has 0 aliphatic carbocycles. The van der Waals surface area contributed by atoms with E-state index in [0.29, 0.717) is 18.6 Å².